The second-order valence-electron chi connectivity index (χ2n) is 7.00. The van der Waals surface area contributed by atoms with Crippen molar-refractivity contribution in [1.82, 2.24) is 4.72 Å². The van der Waals surface area contributed by atoms with E-state index in [9.17, 15) is 26.4 Å². The Bertz CT molecular complexity index is 1240. The van der Waals surface area contributed by atoms with Crippen LogP contribution in [0.25, 0.3) is 0 Å². The van der Waals surface area contributed by atoms with Gasteiger partial charge in [0.05, 0.1) is 15.5 Å². The van der Waals surface area contributed by atoms with Crippen molar-refractivity contribution >= 4 is 44.8 Å². The molecule has 0 radical (unpaired) electrons. The third kappa shape index (κ3) is 6.70. The number of carbonyl (C=O) groups is 1. The van der Waals surface area contributed by atoms with Gasteiger partial charge in [0.2, 0.25) is 15.9 Å². The number of sulfonamides is 1. The van der Waals surface area contributed by atoms with Crippen LogP contribution in [-0.2, 0) is 27.4 Å². The van der Waals surface area contributed by atoms with Crippen LogP contribution >= 0.6 is 23.2 Å². The smallest absolute Gasteiger partial charge is 0.325 e. The lowest BCUT2D eigenvalue weighted by atomic mass is 10.1. The number of benzene rings is 3. The van der Waals surface area contributed by atoms with Crippen LogP contribution < -0.4 is 10.0 Å². The highest BCUT2D eigenvalue weighted by atomic mass is 35.5. The summed E-state index contributed by atoms with van der Waals surface area (Å²) in [5, 5.41) is 2.15. The standard InChI is InChI=1S/C22H17Cl2F3N2O3S/c23-15-6-9-17(10-7-15)33(31,32)29-20(12-14-4-2-1-3-5-14)21(30)28-16-8-11-19(24)18(13-16)22(25,26)27/h1-11,13,20,29H,12H2,(H,28,30)/t20-/m0/s1. The average molecular weight is 517 g/mol. The van der Waals surface area contributed by atoms with Crippen LogP contribution in [0.15, 0.2) is 77.7 Å². The molecule has 0 fully saturated rings. The van der Waals surface area contributed by atoms with Crippen molar-refractivity contribution < 1.29 is 26.4 Å². The predicted molar refractivity (Wildman–Crippen MR) is 121 cm³/mol. The number of alkyl halides is 3. The molecule has 0 aliphatic rings. The normalized spacial score (nSPS) is 12.9. The topological polar surface area (TPSA) is 75.3 Å². The molecule has 0 unspecified atom stereocenters. The number of hydrogen-bond acceptors (Lipinski definition) is 3. The Hall–Kier alpha value is -2.59. The lowest BCUT2D eigenvalue weighted by Crippen LogP contribution is -2.45. The molecule has 33 heavy (non-hydrogen) atoms. The summed E-state index contributed by atoms with van der Waals surface area (Å²) in [4.78, 5) is 12.8. The quantitative estimate of drug-likeness (QED) is 0.432. The minimum Gasteiger partial charge on any atom is -0.325 e. The van der Waals surface area contributed by atoms with Crippen molar-refractivity contribution in [3.8, 4) is 0 Å². The van der Waals surface area contributed by atoms with Gasteiger partial charge in [0.15, 0.2) is 0 Å². The molecule has 0 saturated heterocycles. The van der Waals surface area contributed by atoms with Gasteiger partial charge in [0.25, 0.3) is 0 Å². The van der Waals surface area contributed by atoms with Crippen LogP contribution in [0.4, 0.5) is 18.9 Å². The highest BCUT2D eigenvalue weighted by Crippen LogP contribution is 2.36. The summed E-state index contributed by atoms with van der Waals surface area (Å²) in [5.74, 6) is -0.841. The first-order valence-corrected chi connectivity index (χ1v) is 11.7. The first kappa shape index (κ1) is 25.0. The summed E-state index contributed by atoms with van der Waals surface area (Å²) >= 11 is 11.4. The molecular weight excluding hydrogens is 500 g/mol. The molecule has 0 aliphatic heterocycles. The highest BCUT2D eigenvalue weighted by Gasteiger charge is 2.34. The van der Waals surface area contributed by atoms with E-state index in [-0.39, 0.29) is 17.0 Å². The van der Waals surface area contributed by atoms with E-state index in [4.69, 9.17) is 23.2 Å². The Morgan fingerprint density at radius 1 is 0.939 bits per heavy atom. The number of anilines is 1. The molecule has 1 amide bonds. The minimum atomic E-state index is -4.72. The van der Waals surface area contributed by atoms with Gasteiger partial charge in [-0.3, -0.25) is 4.79 Å². The minimum absolute atomic E-state index is 0.0424. The van der Waals surface area contributed by atoms with Gasteiger partial charge in [0, 0.05) is 10.7 Å². The van der Waals surface area contributed by atoms with E-state index in [1.165, 1.54) is 30.3 Å². The zero-order valence-electron chi connectivity index (χ0n) is 16.7. The number of hydrogen-bond donors (Lipinski definition) is 2. The summed E-state index contributed by atoms with van der Waals surface area (Å²) in [7, 11) is -4.14. The van der Waals surface area contributed by atoms with Crippen LogP contribution in [0.3, 0.4) is 0 Å². The fraction of sp³-hybridized carbons (Fsp3) is 0.136. The van der Waals surface area contributed by atoms with Crippen molar-refractivity contribution in [2.75, 3.05) is 5.32 Å². The van der Waals surface area contributed by atoms with Gasteiger partial charge in [-0.05, 0) is 54.4 Å². The van der Waals surface area contributed by atoms with Gasteiger partial charge in [0.1, 0.15) is 6.04 Å². The summed E-state index contributed by atoms with van der Waals surface area (Å²) in [6.07, 6.45) is -4.77. The number of halogens is 5. The van der Waals surface area contributed by atoms with Gasteiger partial charge < -0.3 is 5.32 Å². The summed E-state index contributed by atoms with van der Waals surface area (Å²) < 4.78 is 67.4. The second-order valence-corrected chi connectivity index (χ2v) is 9.56. The molecule has 0 spiro atoms. The maximum absolute atomic E-state index is 13.2. The van der Waals surface area contributed by atoms with Crippen molar-refractivity contribution in [1.29, 1.82) is 0 Å². The molecule has 11 heteroatoms. The van der Waals surface area contributed by atoms with Gasteiger partial charge in [-0.1, -0.05) is 53.5 Å². The molecule has 2 N–H and O–H groups in total. The Labute approximate surface area is 198 Å². The molecule has 174 valence electrons. The number of amides is 1. The first-order chi connectivity index (χ1) is 15.5. The molecule has 0 saturated carbocycles. The molecule has 0 bridgehead atoms. The van der Waals surface area contributed by atoms with Crippen LogP contribution in [0.2, 0.25) is 10.0 Å². The van der Waals surface area contributed by atoms with Crippen LogP contribution in [0.5, 0.6) is 0 Å². The molecular formula is C22H17Cl2F3N2O3S. The van der Waals surface area contributed by atoms with E-state index in [1.807, 2.05) is 0 Å². The lowest BCUT2D eigenvalue weighted by Gasteiger charge is -2.19. The third-order valence-corrected chi connectivity index (χ3v) is 6.63. The van der Waals surface area contributed by atoms with E-state index in [0.717, 1.165) is 6.07 Å². The molecule has 0 heterocycles. The zero-order valence-corrected chi connectivity index (χ0v) is 19.1. The summed E-state index contributed by atoms with van der Waals surface area (Å²) in [5.41, 5.74) is -0.660. The van der Waals surface area contributed by atoms with E-state index < -0.39 is 38.7 Å². The predicted octanol–water partition coefficient (Wildman–Crippen LogP) is 5.54. The van der Waals surface area contributed by atoms with Gasteiger partial charge in [-0.25, -0.2) is 8.42 Å². The fourth-order valence-corrected chi connectivity index (χ4v) is 4.50. The third-order valence-electron chi connectivity index (χ3n) is 4.56. The van der Waals surface area contributed by atoms with E-state index in [0.29, 0.717) is 16.7 Å². The van der Waals surface area contributed by atoms with Crippen molar-refractivity contribution in [3.05, 3.63) is 94.0 Å². The van der Waals surface area contributed by atoms with Crippen molar-refractivity contribution in [2.45, 2.75) is 23.5 Å². The van der Waals surface area contributed by atoms with Crippen LogP contribution in [0, 0.1) is 0 Å². The fourth-order valence-electron chi connectivity index (χ4n) is 2.96. The van der Waals surface area contributed by atoms with Crippen molar-refractivity contribution in [2.24, 2.45) is 0 Å². The zero-order chi connectivity index (χ0) is 24.2. The second kappa shape index (κ2) is 10.1. The lowest BCUT2D eigenvalue weighted by molar-refractivity contribution is -0.137. The Morgan fingerprint density at radius 2 is 1.58 bits per heavy atom. The van der Waals surface area contributed by atoms with Crippen LogP contribution in [-0.4, -0.2) is 20.4 Å². The maximum Gasteiger partial charge on any atom is 0.417 e. The average Bonchev–Trinajstić information content (AvgIpc) is 2.74. The molecule has 1 atom stereocenters. The number of rotatable bonds is 7. The molecule has 0 aliphatic carbocycles. The molecule has 3 rings (SSSR count). The molecule has 3 aromatic carbocycles. The Morgan fingerprint density at radius 3 is 2.18 bits per heavy atom. The van der Waals surface area contributed by atoms with E-state index in [2.05, 4.69) is 10.0 Å². The Balaban J connectivity index is 1.89. The summed E-state index contributed by atoms with van der Waals surface area (Å²) in [6, 6.07) is 15.5. The van der Waals surface area contributed by atoms with Gasteiger partial charge >= 0.3 is 6.18 Å². The molecule has 0 aromatic heterocycles. The highest BCUT2D eigenvalue weighted by molar-refractivity contribution is 7.89. The number of nitrogens with one attached hydrogen (secondary N) is 2. The first-order valence-electron chi connectivity index (χ1n) is 9.45. The van der Waals surface area contributed by atoms with Crippen molar-refractivity contribution in [3.63, 3.8) is 0 Å². The Kier molecular flexibility index (Phi) is 7.69. The van der Waals surface area contributed by atoms with E-state index >= 15 is 0 Å². The number of carbonyl (C=O) groups excluding carboxylic acids is 1. The summed E-state index contributed by atoms with van der Waals surface area (Å²) in [6.45, 7) is 0. The largest absolute Gasteiger partial charge is 0.417 e. The van der Waals surface area contributed by atoms with Gasteiger partial charge in [-0.15, -0.1) is 0 Å². The maximum atomic E-state index is 13.2. The van der Waals surface area contributed by atoms with E-state index in [1.54, 1.807) is 30.3 Å². The molecule has 3 aromatic rings. The SMILES string of the molecule is O=C(Nc1ccc(Cl)c(C(F)(F)F)c1)[C@H](Cc1ccccc1)NS(=O)(=O)c1ccc(Cl)cc1. The molecule has 5 nitrogen and oxygen atoms in total. The monoisotopic (exact) mass is 516 g/mol. The van der Waals surface area contributed by atoms with Gasteiger partial charge in [-0.2, -0.15) is 17.9 Å². The van der Waals surface area contributed by atoms with Crippen LogP contribution in [0.1, 0.15) is 11.1 Å².